The van der Waals surface area contributed by atoms with Gasteiger partial charge in [0.25, 0.3) is 0 Å². The summed E-state index contributed by atoms with van der Waals surface area (Å²) in [5, 5.41) is 0.671. The van der Waals surface area contributed by atoms with E-state index in [0.717, 1.165) is 65.0 Å². The maximum absolute atomic E-state index is 6.47. The van der Waals surface area contributed by atoms with Crippen molar-refractivity contribution in [2.24, 2.45) is 4.99 Å². The van der Waals surface area contributed by atoms with Crippen LogP contribution in [0.25, 0.3) is 0 Å². The van der Waals surface area contributed by atoms with Crippen LogP contribution >= 0.6 is 11.3 Å². The quantitative estimate of drug-likeness (QED) is 0.854. The van der Waals surface area contributed by atoms with Crippen molar-refractivity contribution in [2.45, 2.75) is 70.1 Å². The predicted octanol–water partition coefficient (Wildman–Crippen LogP) is 3.14. The minimum atomic E-state index is 0.430. The molecule has 1 aromatic heterocycles. The van der Waals surface area contributed by atoms with Gasteiger partial charge in [0.2, 0.25) is 0 Å². The Morgan fingerprint density at radius 1 is 1.04 bits per heavy atom. The smallest absolute Gasteiger partial charge is 0.180 e. The molecule has 0 spiro atoms. The number of ether oxygens (including phenoxy) is 1. The molecule has 150 valence electrons. The fourth-order valence-electron chi connectivity index (χ4n) is 4.46. The summed E-state index contributed by atoms with van der Waals surface area (Å²) in [5.74, 6) is 1.36. The zero-order valence-electron chi connectivity index (χ0n) is 16.3. The lowest BCUT2D eigenvalue weighted by atomic mass is 10.0. The van der Waals surface area contributed by atoms with Crippen LogP contribution in [0.2, 0.25) is 0 Å². The Balaban J connectivity index is 1.16. The van der Waals surface area contributed by atoms with Crippen LogP contribution in [0.3, 0.4) is 0 Å². The first-order valence-corrected chi connectivity index (χ1v) is 11.4. The van der Waals surface area contributed by atoms with E-state index in [9.17, 15) is 0 Å². The van der Waals surface area contributed by atoms with Gasteiger partial charge < -0.3 is 15.4 Å². The maximum Gasteiger partial charge on any atom is 0.180 e. The molecule has 0 saturated carbocycles. The first-order valence-electron chi connectivity index (χ1n) is 10.6. The van der Waals surface area contributed by atoms with Gasteiger partial charge in [-0.3, -0.25) is 9.89 Å². The molecule has 2 saturated heterocycles. The van der Waals surface area contributed by atoms with Crippen LogP contribution in [-0.2, 0) is 11.3 Å². The second kappa shape index (κ2) is 9.34. The molecule has 0 radical (unpaired) electrons. The number of thiazole rings is 1. The van der Waals surface area contributed by atoms with Crippen LogP contribution < -0.4 is 5.73 Å². The number of likely N-dealkylation sites (tertiary alicyclic amines) is 2. The lowest BCUT2D eigenvalue weighted by Crippen LogP contribution is -2.43. The van der Waals surface area contributed by atoms with E-state index in [1.165, 1.54) is 36.4 Å². The number of aromatic nitrogens is 1. The van der Waals surface area contributed by atoms with E-state index < -0.39 is 0 Å². The van der Waals surface area contributed by atoms with Gasteiger partial charge in [-0.25, -0.2) is 4.98 Å². The Morgan fingerprint density at radius 3 is 2.48 bits per heavy atom. The van der Waals surface area contributed by atoms with Crippen LogP contribution in [0, 0.1) is 0 Å². The topological polar surface area (TPSA) is 67.0 Å². The second-order valence-electron chi connectivity index (χ2n) is 8.07. The van der Waals surface area contributed by atoms with Gasteiger partial charge in [0.1, 0.15) is 0 Å². The van der Waals surface area contributed by atoms with Crippen LogP contribution in [0.15, 0.2) is 11.2 Å². The molecule has 0 aromatic carbocycles. The molecule has 4 heterocycles. The number of anilines is 1. The van der Waals surface area contributed by atoms with Gasteiger partial charge in [-0.2, -0.15) is 0 Å². The van der Waals surface area contributed by atoms with Gasteiger partial charge in [0.15, 0.2) is 5.13 Å². The molecule has 0 amide bonds. The van der Waals surface area contributed by atoms with E-state index in [2.05, 4.69) is 14.8 Å². The summed E-state index contributed by atoms with van der Waals surface area (Å²) in [6.45, 7) is 6.46. The zero-order chi connectivity index (χ0) is 18.5. The maximum atomic E-state index is 6.47. The number of amidine groups is 1. The lowest BCUT2D eigenvalue weighted by Gasteiger charge is -2.38. The summed E-state index contributed by atoms with van der Waals surface area (Å²) >= 11 is 1.60. The lowest BCUT2D eigenvalue weighted by molar-refractivity contribution is -0.0605. The van der Waals surface area contributed by atoms with Crippen molar-refractivity contribution >= 4 is 22.3 Å². The molecule has 0 aliphatic carbocycles. The molecule has 7 heteroatoms. The molecular weight excluding hydrogens is 358 g/mol. The van der Waals surface area contributed by atoms with Crippen molar-refractivity contribution in [3.63, 3.8) is 0 Å². The molecular formula is C20H33N5OS. The number of nitrogens with two attached hydrogens (primary N) is 1. The first-order chi connectivity index (χ1) is 13.3. The molecule has 0 atom stereocenters. The van der Waals surface area contributed by atoms with Gasteiger partial charge in [-0.05, 0) is 38.5 Å². The number of nitrogen functional groups attached to an aromatic ring is 1. The van der Waals surface area contributed by atoms with Gasteiger partial charge >= 0.3 is 0 Å². The Labute approximate surface area is 166 Å². The molecule has 3 aliphatic heterocycles. The summed E-state index contributed by atoms with van der Waals surface area (Å²) in [6, 6.07) is 0. The van der Waals surface area contributed by atoms with Crippen LogP contribution in [0.1, 0.15) is 56.2 Å². The minimum absolute atomic E-state index is 0.430. The van der Waals surface area contributed by atoms with Crippen LogP contribution in [0.5, 0.6) is 0 Å². The minimum Gasteiger partial charge on any atom is -0.375 e. The number of hydrogen-bond acceptors (Lipinski definition) is 7. The third kappa shape index (κ3) is 5.42. The largest absolute Gasteiger partial charge is 0.375 e. The highest BCUT2D eigenvalue weighted by Gasteiger charge is 2.27. The van der Waals surface area contributed by atoms with E-state index in [4.69, 9.17) is 15.5 Å². The number of piperidine rings is 2. The third-order valence-corrected chi connectivity index (χ3v) is 6.84. The SMILES string of the molecule is Nc1ncc(CN2CCC(OC3CCN(C4=NCCCCC4)CC3)CC2)s1. The summed E-state index contributed by atoms with van der Waals surface area (Å²) < 4.78 is 6.47. The van der Waals surface area contributed by atoms with Crippen molar-refractivity contribution in [3.05, 3.63) is 11.1 Å². The predicted molar refractivity (Wildman–Crippen MR) is 111 cm³/mol. The summed E-state index contributed by atoms with van der Waals surface area (Å²) in [5.41, 5.74) is 5.73. The highest BCUT2D eigenvalue weighted by Crippen LogP contribution is 2.24. The summed E-state index contributed by atoms with van der Waals surface area (Å²) in [7, 11) is 0. The third-order valence-electron chi connectivity index (χ3n) is 6.03. The van der Waals surface area contributed by atoms with E-state index in [0.29, 0.717) is 17.3 Å². The number of aliphatic imine (C=N–C) groups is 1. The Morgan fingerprint density at radius 2 is 1.78 bits per heavy atom. The van der Waals surface area contributed by atoms with E-state index >= 15 is 0 Å². The van der Waals surface area contributed by atoms with Crippen molar-refractivity contribution < 1.29 is 4.74 Å². The molecule has 0 bridgehead atoms. The Kier molecular flexibility index (Phi) is 6.63. The van der Waals surface area contributed by atoms with E-state index in [1.807, 2.05) is 6.20 Å². The summed E-state index contributed by atoms with van der Waals surface area (Å²) in [4.78, 5) is 15.3. The standard InChI is InChI=1S/C20H33N5OS/c21-20-23-14-18(27-20)15-24-10-5-16(6-11-24)26-17-7-12-25(13-8-17)19-4-2-1-3-9-22-19/h14,16-17H,1-13,15H2,(H2,21,23). The van der Waals surface area contributed by atoms with E-state index in [1.54, 1.807) is 11.3 Å². The molecule has 2 fully saturated rings. The van der Waals surface area contributed by atoms with Crippen LogP contribution in [-0.4, -0.2) is 65.6 Å². The van der Waals surface area contributed by atoms with Gasteiger partial charge in [0, 0.05) is 56.8 Å². The molecule has 4 rings (SSSR count). The van der Waals surface area contributed by atoms with Crippen LogP contribution in [0.4, 0.5) is 5.13 Å². The van der Waals surface area contributed by atoms with Gasteiger partial charge in [-0.1, -0.05) is 6.42 Å². The second-order valence-corrected chi connectivity index (χ2v) is 9.22. The average Bonchev–Trinajstić information content (AvgIpc) is 2.93. The fraction of sp³-hybridized carbons (Fsp3) is 0.800. The average molecular weight is 392 g/mol. The van der Waals surface area contributed by atoms with Crippen molar-refractivity contribution in [3.8, 4) is 0 Å². The highest BCUT2D eigenvalue weighted by molar-refractivity contribution is 7.15. The molecule has 1 aromatic rings. The number of rotatable bonds is 4. The first kappa shape index (κ1) is 19.2. The van der Waals surface area contributed by atoms with Crippen molar-refractivity contribution in [1.82, 2.24) is 14.8 Å². The van der Waals surface area contributed by atoms with Crippen molar-refractivity contribution in [2.75, 3.05) is 38.5 Å². The van der Waals surface area contributed by atoms with E-state index in [-0.39, 0.29) is 0 Å². The highest BCUT2D eigenvalue weighted by atomic mass is 32.1. The monoisotopic (exact) mass is 391 g/mol. The Bertz CT molecular complexity index is 618. The number of nitrogens with zero attached hydrogens (tertiary/aromatic N) is 4. The molecule has 27 heavy (non-hydrogen) atoms. The molecule has 3 aliphatic rings. The summed E-state index contributed by atoms with van der Waals surface area (Å²) in [6.07, 6.45) is 12.4. The zero-order valence-corrected chi connectivity index (χ0v) is 17.1. The molecule has 6 nitrogen and oxygen atoms in total. The van der Waals surface area contributed by atoms with Gasteiger partial charge in [-0.15, -0.1) is 11.3 Å². The Hall–Kier alpha value is -1.18. The van der Waals surface area contributed by atoms with Gasteiger partial charge in [0.05, 0.1) is 18.0 Å². The molecule has 2 N–H and O–H groups in total. The molecule has 0 unspecified atom stereocenters. The van der Waals surface area contributed by atoms with Crippen molar-refractivity contribution in [1.29, 1.82) is 0 Å². The normalized spacial score (nSPS) is 24.0. The fourth-order valence-corrected chi connectivity index (χ4v) is 5.19. The number of hydrogen-bond donors (Lipinski definition) is 1.